The molecule has 0 unspecified atom stereocenters. The largest absolute Gasteiger partial charge is 0.480 e. The monoisotopic (exact) mass is 316 g/mol. The molecule has 1 aliphatic carbocycles. The molecule has 1 aromatic carbocycles. The summed E-state index contributed by atoms with van der Waals surface area (Å²) < 4.78 is 0. The zero-order valence-corrected chi connectivity index (χ0v) is 12.9. The standard InChI is InChI=1S/C17H20N2O4/c20-14(19-11-7-12-4-1-2-5-13(12)19)6-3-10-18-15(21)17(8-9-17)16(22)23/h1-2,4-5H,3,6-11H2,(H,18,21)(H,22,23). The number of nitrogens with zero attached hydrogens (tertiary/aromatic N) is 1. The second-order valence-electron chi connectivity index (χ2n) is 6.17. The van der Waals surface area contributed by atoms with E-state index in [2.05, 4.69) is 5.32 Å². The number of carbonyl (C=O) groups excluding carboxylic acids is 2. The molecule has 2 N–H and O–H groups in total. The van der Waals surface area contributed by atoms with Crippen molar-refractivity contribution in [2.45, 2.75) is 32.1 Å². The molecular formula is C17H20N2O4. The first-order valence-electron chi connectivity index (χ1n) is 7.94. The maximum Gasteiger partial charge on any atom is 0.319 e. The van der Waals surface area contributed by atoms with Gasteiger partial charge in [0.2, 0.25) is 11.8 Å². The highest BCUT2D eigenvalue weighted by molar-refractivity contribution is 6.04. The maximum absolute atomic E-state index is 12.3. The van der Waals surface area contributed by atoms with E-state index in [-0.39, 0.29) is 5.91 Å². The summed E-state index contributed by atoms with van der Waals surface area (Å²) in [6, 6.07) is 7.87. The molecule has 1 aliphatic heterocycles. The summed E-state index contributed by atoms with van der Waals surface area (Å²) >= 11 is 0. The smallest absolute Gasteiger partial charge is 0.319 e. The second-order valence-corrected chi connectivity index (χ2v) is 6.17. The molecule has 6 nitrogen and oxygen atoms in total. The van der Waals surface area contributed by atoms with Gasteiger partial charge < -0.3 is 15.3 Å². The fourth-order valence-electron chi connectivity index (χ4n) is 3.01. The number of carboxylic acids is 1. The van der Waals surface area contributed by atoms with Gasteiger partial charge >= 0.3 is 5.97 Å². The number of fused-ring (bicyclic) bond motifs is 1. The normalized spacial score (nSPS) is 17.5. The number of aliphatic carboxylic acids is 1. The van der Waals surface area contributed by atoms with Gasteiger partial charge in [-0.3, -0.25) is 14.4 Å². The number of rotatable bonds is 6. The first kappa shape index (κ1) is 15.5. The Hall–Kier alpha value is -2.37. The zero-order valence-electron chi connectivity index (χ0n) is 12.9. The van der Waals surface area contributed by atoms with Crippen LogP contribution in [0.4, 0.5) is 5.69 Å². The van der Waals surface area contributed by atoms with Crippen molar-refractivity contribution in [3.05, 3.63) is 29.8 Å². The van der Waals surface area contributed by atoms with E-state index >= 15 is 0 Å². The van der Waals surface area contributed by atoms with Crippen LogP contribution in [0, 0.1) is 5.41 Å². The van der Waals surface area contributed by atoms with Gasteiger partial charge in [-0.1, -0.05) is 18.2 Å². The van der Waals surface area contributed by atoms with Gasteiger partial charge in [0.15, 0.2) is 0 Å². The molecule has 0 aromatic heterocycles. The number of nitrogens with one attached hydrogen (secondary N) is 1. The Morgan fingerprint density at radius 2 is 1.96 bits per heavy atom. The molecule has 23 heavy (non-hydrogen) atoms. The van der Waals surface area contributed by atoms with Gasteiger partial charge in [-0.15, -0.1) is 0 Å². The molecule has 2 amide bonds. The lowest BCUT2D eigenvalue weighted by molar-refractivity contribution is -0.149. The third-order valence-corrected chi connectivity index (χ3v) is 4.64. The Morgan fingerprint density at radius 3 is 2.65 bits per heavy atom. The number of carboxylic acid groups (broad SMARTS) is 1. The third kappa shape index (κ3) is 2.93. The van der Waals surface area contributed by atoms with E-state index < -0.39 is 17.3 Å². The lowest BCUT2D eigenvalue weighted by Crippen LogP contribution is -2.38. The summed E-state index contributed by atoms with van der Waals surface area (Å²) in [5.74, 6) is -1.44. The van der Waals surface area contributed by atoms with Crippen molar-refractivity contribution in [3.8, 4) is 0 Å². The maximum atomic E-state index is 12.3. The van der Waals surface area contributed by atoms with Gasteiger partial charge in [-0.05, 0) is 37.3 Å². The van der Waals surface area contributed by atoms with Gasteiger partial charge in [0, 0.05) is 25.2 Å². The second kappa shape index (κ2) is 6.02. The summed E-state index contributed by atoms with van der Waals surface area (Å²) in [4.78, 5) is 37.0. The highest BCUT2D eigenvalue weighted by atomic mass is 16.4. The van der Waals surface area contributed by atoms with E-state index in [1.54, 1.807) is 4.90 Å². The SMILES string of the molecule is O=C(CCCNC(=O)C1(C(=O)O)CC1)N1CCc2ccccc21. The van der Waals surface area contributed by atoms with Gasteiger partial charge in [-0.25, -0.2) is 0 Å². The van der Waals surface area contributed by atoms with E-state index in [0.717, 1.165) is 12.1 Å². The number of hydrogen-bond acceptors (Lipinski definition) is 3. The number of para-hydroxylation sites is 1. The van der Waals surface area contributed by atoms with Crippen LogP contribution in [-0.4, -0.2) is 36.0 Å². The Balaban J connectivity index is 1.44. The minimum Gasteiger partial charge on any atom is -0.480 e. The van der Waals surface area contributed by atoms with Crippen LogP contribution in [0.15, 0.2) is 24.3 Å². The topological polar surface area (TPSA) is 86.7 Å². The van der Waals surface area contributed by atoms with E-state index in [9.17, 15) is 14.4 Å². The molecule has 0 saturated heterocycles. The van der Waals surface area contributed by atoms with Crippen LogP contribution in [0.5, 0.6) is 0 Å². The van der Waals surface area contributed by atoms with Crippen LogP contribution < -0.4 is 10.2 Å². The first-order valence-corrected chi connectivity index (χ1v) is 7.94. The van der Waals surface area contributed by atoms with Crippen LogP contribution in [0.1, 0.15) is 31.2 Å². The number of amides is 2. The average Bonchev–Trinajstić information content (AvgIpc) is 3.25. The van der Waals surface area contributed by atoms with Gasteiger partial charge in [0.25, 0.3) is 0 Å². The molecule has 1 fully saturated rings. The zero-order chi connectivity index (χ0) is 16.4. The van der Waals surface area contributed by atoms with Gasteiger partial charge in [0.05, 0.1) is 0 Å². The summed E-state index contributed by atoms with van der Waals surface area (Å²) in [6.07, 6.45) is 2.53. The summed E-state index contributed by atoms with van der Waals surface area (Å²) in [7, 11) is 0. The molecular weight excluding hydrogens is 296 g/mol. The fraction of sp³-hybridized carbons (Fsp3) is 0.471. The quantitative estimate of drug-likeness (QED) is 0.612. The molecule has 0 spiro atoms. The molecule has 6 heteroatoms. The van der Waals surface area contributed by atoms with Crippen molar-refractivity contribution in [1.82, 2.24) is 5.32 Å². The first-order chi connectivity index (χ1) is 11.0. The van der Waals surface area contributed by atoms with Crippen molar-refractivity contribution < 1.29 is 19.5 Å². The van der Waals surface area contributed by atoms with E-state index in [4.69, 9.17) is 5.11 Å². The molecule has 2 aliphatic rings. The van der Waals surface area contributed by atoms with Crippen LogP contribution in [0.25, 0.3) is 0 Å². The number of anilines is 1. The molecule has 0 radical (unpaired) electrons. The van der Waals surface area contributed by atoms with Gasteiger partial charge in [0.1, 0.15) is 5.41 Å². The Kier molecular flexibility index (Phi) is 4.07. The lowest BCUT2D eigenvalue weighted by atomic mass is 10.1. The fourth-order valence-corrected chi connectivity index (χ4v) is 3.01. The summed E-state index contributed by atoms with van der Waals surface area (Å²) in [6.45, 7) is 1.03. The average molecular weight is 316 g/mol. The molecule has 3 rings (SSSR count). The highest BCUT2D eigenvalue weighted by Gasteiger charge is 2.56. The molecule has 0 atom stereocenters. The van der Waals surface area contributed by atoms with Crippen LogP contribution in [-0.2, 0) is 20.8 Å². The minimum atomic E-state index is -1.21. The Bertz CT molecular complexity index is 652. The number of benzene rings is 1. The Labute approximate surface area is 134 Å². The molecule has 122 valence electrons. The van der Waals surface area contributed by atoms with Crippen molar-refractivity contribution in [2.24, 2.45) is 5.41 Å². The van der Waals surface area contributed by atoms with E-state index in [1.165, 1.54) is 5.56 Å². The molecule has 0 bridgehead atoms. The summed E-state index contributed by atoms with van der Waals surface area (Å²) in [5, 5.41) is 11.7. The number of hydrogen-bond donors (Lipinski definition) is 2. The van der Waals surface area contributed by atoms with E-state index in [1.807, 2.05) is 24.3 Å². The number of carbonyl (C=O) groups is 3. The highest BCUT2D eigenvalue weighted by Crippen LogP contribution is 2.46. The predicted octanol–water partition coefficient (Wildman–Crippen LogP) is 1.34. The third-order valence-electron chi connectivity index (χ3n) is 4.64. The van der Waals surface area contributed by atoms with Crippen molar-refractivity contribution >= 4 is 23.5 Å². The molecule has 1 saturated carbocycles. The van der Waals surface area contributed by atoms with Gasteiger partial charge in [-0.2, -0.15) is 0 Å². The van der Waals surface area contributed by atoms with Crippen LogP contribution >= 0.6 is 0 Å². The van der Waals surface area contributed by atoms with Crippen molar-refractivity contribution in [3.63, 3.8) is 0 Å². The van der Waals surface area contributed by atoms with E-state index in [0.29, 0.717) is 38.8 Å². The summed E-state index contributed by atoms with van der Waals surface area (Å²) in [5.41, 5.74) is 0.952. The Morgan fingerprint density at radius 1 is 1.22 bits per heavy atom. The minimum absolute atomic E-state index is 0.0450. The van der Waals surface area contributed by atoms with Crippen molar-refractivity contribution in [2.75, 3.05) is 18.0 Å². The van der Waals surface area contributed by atoms with Crippen LogP contribution in [0.3, 0.4) is 0 Å². The van der Waals surface area contributed by atoms with Crippen molar-refractivity contribution in [1.29, 1.82) is 0 Å². The lowest BCUT2D eigenvalue weighted by Gasteiger charge is -2.17. The molecule has 1 aromatic rings. The predicted molar refractivity (Wildman–Crippen MR) is 84.0 cm³/mol. The van der Waals surface area contributed by atoms with Crippen LogP contribution in [0.2, 0.25) is 0 Å². The molecule has 1 heterocycles.